The van der Waals surface area contributed by atoms with Gasteiger partial charge in [0.2, 0.25) is 10.0 Å². The molecule has 0 aliphatic carbocycles. The van der Waals surface area contributed by atoms with Gasteiger partial charge in [-0.2, -0.15) is 0 Å². The van der Waals surface area contributed by atoms with Crippen molar-refractivity contribution in [3.05, 3.63) is 29.8 Å². The molecule has 0 spiro atoms. The van der Waals surface area contributed by atoms with Gasteiger partial charge in [-0.05, 0) is 31.5 Å². The molecule has 1 unspecified atom stereocenters. The average molecular weight is 570 g/mol. The fourth-order valence-corrected chi connectivity index (χ4v) is 3.96. The number of aliphatic hydroxyl groups is 1. The lowest BCUT2D eigenvalue weighted by atomic mass is 10.1. The second-order valence-electron chi connectivity index (χ2n) is 7.87. The lowest BCUT2D eigenvalue weighted by Gasteiger charge is -2.34. The third-order valence-corrected chi connectivity index (χ3v) is 6.60. The van der Waals surface area contributed by atoms with Crippen LogP contribution in [-0.4, -0.2) is 94.3 Å². The Labute approximate surface area is 203 Å². The number of ether oxygens (including phenoxy) is 1. The Morgan fingerprint density at radius 2 is 1.84 bits per heavy atom. The highest BCUT2D eigenvalue weighted by atomic mass is 127. The van der Waals surface area contributed by atoms with Gasteiger partial charge in [-0.25, -0.2) is 17.7 Å². The van der Waals surface area contributed by atoms with Crippen LogP contribution in [0.25, 0.3) is 0 Å². The topological polar surface area (TPSA) is 106 Å². The zero-order valence-electron chi connectivity index (χ0n) is 18.8. The van der Waals surface area contributed by atoms with Crippen LogP contribution in [0.3, 0.4) is 0 Å². The van der Waals surface area contributed by atoms with Crippen molar-refractivity contribution >= 4 is 40.0 Å². The number of hydrogen-bond acceptors (Lipinski definition) is 6. The van der Waals surface area contributed by atoms with Crippen LogP contribution < -0.4 is 10.6 Å². The fraction of sp³-hybridized carbons (Fsp3) is 0.650. The number of guanidine groups is 1. The molecular weight excluding hydrogens is 533 g/mol. The van der Waals surface area contributed by atoms with Gasteiger partial charge < -0.3 is 20.5 Å². The van der Waals surface area contributed by atoms with Crippen molar-refractivity contribution in [1.29, 1.82) is 0 Å². The van der Waals surface area contributed by atoms with Crippen LogP contribution in [0.1, 0.15) is 19.4 Å². The number of rotatable bonds is 9. The van der Waals surface area contributed by atoms with E-state index in [0.717, 1.165) is 18.7 Å². The van der Waals surface area contributed by atoms with Crippen molar-refractivity contribution < 1.29 is 18.3 Å². The summed E-state index contributed by atoms with van der Waals surface area (Å²) in [6.07, 6.45) is 0. The zero-order chi connectivity index (χ0) is 22.2. The number of hydrogen-bond donors (Lipinski definition) is 3. The predicted molar refractivity (Wildman–Crippen MR) is 133 cm³/mol. The summed E-state index contributed by atoms with van der Waals surface area (Å²) in [6, 6.07) is 6.71. The van der Waals surface area contributed by atoms with Gasteiger partial charge in [-0.1, -0.05) is 12.1 Å². The largest absolute Gasteiger partial charge is 0.387 e. The van der Waals surface area contributed by atoms with Crippen LogP contribution in [0.5, 0.6) is 0 Å². The van der Waals surface area contributed by atoms with E-state index in [1.807, 2.05) is 13.8 Å². The number of β-amino-alcohol motifs (C(OH)–C–C–N with tert-alkyl or cyclic N) is 1. The van der Waals surface area contributed by atoms with E-state index in [9.17, 15) is 13.5 Å². The van der Waals surface area contributed by atoms with E-state index < -0.39 is 15.6 Å². The van der Waals surface area contributed by atoms with Gasteiger partial charge in [0.1, 0.15) is 0 Å². The maximum Gasteiger partial charge on any atom is 0.242 e. The number of sulfonamides is 1. The van der Waals surface area contributed by atoms with Crippen molar-refractivity contribution in [3.8, 4) is 0 Å². The van der Waals surface area contributed by atoms with E-state index in [0.29, 0.717) is 45.4 Å². The van der Waals surface area contributed by atoms with E-state index in [4.69, 9.17) is 4.74 Å². The highest BCUT2D eigenvalue weighted by Crippen LogP contribution is 2.14. The molecule has 0 radical (unpaired) electrons. The van der Waals surface area contributed by atoms with Crippen molar-refractivity contribution in [2.45, 2.75) is 30.9 Å². The molecule has 1 fully saturated rings. The second kappa shape index (κ2) is 12.9. The normalized spacial score (nSPS) is 17.7. The van der Waals surface area contributed by atoms with E-state index in [2.05, 4.69) is 20.5 Å². The van der Waals surface area contributed by atoms with Gasteiger partial charge in [0, 0.05) is 46.8 Å². The molecule has 11 heteroatoms. The maximum absolute atomic E-state index is 12.2. The Bertz CT molecular complexity index is 794. The monoisotopic (exact) mass is 569 g/mol. The first kappa shape index (κ1) is 28.0. The smallest absolute Gasteiger partial charge is 0.242 e. The molecule has 0 amide bonds. The average Bonchev–Trinajstić information content (AvgIpc) is 2.70. The second-order valence-corrected chi connectivity index (χ2v) is 10.0. The molecule has 3 N–H and O–H groups in total. The molecule has 1 aliphatic rings. The first-order valence-electron chi connectivity index (χ1n) is 10.2. The lowest BCUT2D eigenvalue weighted by Crippen LogP contribution is -2.52. The molecule has 0 aromatic heterocycles. The summed E-state index contributed by atoms with van der Waals surface area (Å²) in [5.41, 5.74) is -0.0135. The molecule has 1 atom stereocenters. The third kappa shape index (κ3) is 9.18. The van der Waals surface area contributed by atoms with Crippen molar-refractivity contribution in [2.24, 2.45) is 4.99 Å². The predicted octanol–water partition coefficient (Wildman–Crippen LogP) is 0.693. The maximum atomic E-state index is 12.2. The number of halogens is 1. The van der Waals surface area contributed by atoms with E-state index in [-0.39, 0.29) is 28.9 Å². The van der Waals surface area contributed by atoms with Crippen LogP contribution in [0, 0.1) is 0 Å². The summed E-state index contributed by atoms with van der Waals surface area (Å²) < 4.78 is 30.9. The van der Waals surface area contributed by atoms with Crippen LogP contribution >= 0.6 is 24.0 Å². The molecule has 178 valence electrons. The van der Waals surface area contributed by atoms with Crippen molar-refractivity contribution in [3.63, 3.8) is 0 Å². The van der Waals surface area contributed by atoms with E-state index in [1.54, 1.807) is 24.3 Å². The van der Waals surface area contributed by atoms with Gasteiger partial charge in [0.05, 0.1) is 30.3 Å². The molecule has 0 bridgehead atoms. The first-order valence-corrected chi connectivity index (χ1v) is 11.6. The summed E-state index contributed by atoms with van der Waals surface area (Å²) >= 11 is 0. The Kier molecular flexibility index (Phi) is 11.7. The quantitative estimate of drug-likeness (QED) is 0.228. The molecule has 1 heterocycles. The first-order chi connectivity index (χ1) is 14.1. The Morgan fingerprint density at radius 3 is 2.39 bits per heavy atom. The highest BCUT2D eigenvalue weighted by molar-refractivity contribution is 14.0. The van der Waals surface area contributed by atoms with Crippen molar-refractivity contribution in [2.75, 3.05) is 60.0 Å². The molecule has 1 aromatic carbocycles. The fourth-order valence-electron chi connectivity index (χ4n) is 3.06. The van der Waals surface area contributed by atoms with Crippen LogP contribution in [0.2, 0.25) is 0 Å². The molecule has 1 aromatic rings. The molecule has 1 aliphatic heterocycles. The SMILES string of the molecule is CCNC(=NCc1ccc(S(=O)(=O)N(C)C)cc1)NCC(C)(O)CN1CCOCC1.I. The van der Waals surface area contributed by atoms with E-state index >= 15 is 0 Å². The minimum absolute atomic E-state index is 0. The third-order valence-electron chi connectivity index (χ3n) is 4.77. The minimum atomic E-state index is -3.44. The van der Waals surface area contributed by atoms with Crippen LogP contribution in [0.15, 0.2) is 34.2 Å². The molecule has 31 heavy (non-hydrogen) atoms. The number of nitrogens with one attached hydrogen (secondary N) is 2. The summed E-state index contributed by atoms with van der Waals surface area (Å²) in [6.45, 7) is 8.83. The summed E-state index contributed by atoms with van der Waals surface area (Å²) in [5, 5.41) is 17.1. The number of nitrogens with zero attached hydrogens (tertiary/aromatic N) is 3. The molecular formula is C20H36IN5O4S. The highest BCUT2D eigenvalue weighted by Gasteiger charge is 2.25. The minimum Gasteiger partial charge on any atom is -0.387 e. The van der Waals surface area contributed by atoms with Gasteiger partial charge in [0.25, 0.3) is 0 Å². The number of morpholine rings is 1. The Balaban J connectivity index is 0.00000480. The summed E-state index contributed by atoms with van der Waals surface area (Å²) in [7, 11) is -0.418. The molecule has 2 rings (SSSR count). The number of benzene rings is 1. The van der Waals surface area contributed by atoms with Gasteiger partial charge in [0.15, 0.2) is 5.96 Å². The summed E-state index contributed by atoms with van der Waals surface area (Å²) in [5.74, 6) is 0.602. The zero-order valence-corrected chi connectivity index (χ0v) is 21.9. The Morgan fingerprint density at radius 1 is 1.23 bits per heavy atom. The standard InChI is InChI=1S/C20H35N5O4S.HI/c1-5-21-19(23-15-20(2,26)16-25-10-12-29-13-11-25)22-14-17-6-8-18(9-7-17)30(27,28)24(3)4;/h6-9,26H,5,10-16H2,1-4H3,(H2,21,22,23);1H. The van der Waals surface area contributed by atoms with Gasteiger partial charge >= 0.3 is 0 Å². The lowest BCUT2D eigenvalue weighted by molar-refractivity contribution is -0.0201. The van der Waals surface area contributed by atoms with E-state index in [1.165, 1.54) is 18.4 Å². The molecule has 1 saturated heterocycles. The molecule has 0 saturated carbocycles. The van der Waals surface area contributed by atoms with Gasteiger partial charge in [-0.3, -0.25) is 4.90 Å². The number of aliphatic imine (C=N–C) groups is 1. The molecule has 9 nitrogen and oxygen atoms in total. The van der Waals surface area contributed by atoms with Crippen LogP contribution in [0.4, 0.5) is 0 Å². The Hall–Kier alpha value is -0.990. The summed E-state index contributed by atoms with van der Waals surface area (Å²) in [4.78, 5) is 7.00. The van der Waals surface area contributed by atoms with Gasteiger partial charge in [-0.15, -0.1) is 24.0 Å². The van der Waals surface area contributed by atoms with Crippen LogP contribution in [-0.2, 0) is 21.3 Å². The van der Waals surface area contributed by atoms with Crippen molar-refractivity contribution in [1.82, 2.24) is 19.8 Å².